The van der Waals surface area contributed by atoms with Crippen LogP contribution in [-0.4, -0.2) is 71.5 Å². The molecule has 184 valence electrons. The van der Waals surface area contributed by atoms with Crippen molar-refractivity contribution in [2.45, 2.75) is 50.1 Å². The van der Waals surface area contributed by atoms with Crippen LogP contribution in [0.4, 0.5) is 13.2 Å². The predicted octanol–water partition coefficient (Wildman–Crippen LogP) is 2.77. The van der Waals surface area contributed by atoms with Gasteiger partial charge in [-0.15, -0.1) is 0 Å². The van der Waals surface area contributed by atoms with Gasteiger partial charge in [0, 0.05) is 24.7 Å². The van der Waals surface area contributed by atoms with Crippen LogP contribution < -0.4 is 5.56 Å². The Bertz CT molecular complexity index is 1220. The number of benzene rings is 1. The fourth-order valence-corrected chi connectivity index (χ4v) is 4.14. The van der Waals surface area contributed by atoms with Crippen LogP contribution in [0.3, 0.4) is 0 Å². The number of nitrogens with zero attached hydrogens (tertiary/aromatic N) is 5. The molecule has 0 spiro atoms. The van der Waals surface area contributed by atoms with Gasteiger partial charge in [0.2, 0.25) is 0 Å². The van der Waals surface area contributed by atoms with Crippen LogP contribution in [-0.2, 0) is 6.54 Å². The number of fused-ring (bicyclic) bond motifs is 1. The number of piperidine rings is 1. The van der Waals surface area contributed by atoms with Crippen LogP contribution in [0.15, 0.2) is 41.6 Å². The average molecular weight is 500 g/mol. The summed E-state index contributed by atoms with van der Waals surface area (Å²) < 4.78 is 41.4. The topological polar surface area (TPSA) is 96.4 Å². The minimum atomic E-state index is -4.70. The summed E-state index contributed by atoms with van der Waals surface area (Å²) in [5.41, 5.74) is -3.23. The van der Waals surface area contributed by atoms with E-state index in [4.69, 9.17) is 11.6 Å². The number of halogens is 4. The van der Waals surface area contributed by atoms with Gasteiger partial charge in [-0.2, -0.15) is 18.3 Å². The Labute approximate surface area is 198 Å². The van der Waals surface area contributed by atoms with Gasteiger partial charge in [0.25, 0.3) is 5.56 Å². The minimum absolute atomic E-state index is 0.00893. The summed E-state index contributed by atoms with van der Waals surface area (Å²) in [7, 11) is 0. The lowest BCUT2D eigenvalue weighted by Crippen LogP contribution is -2.50. The van der Waals surface area contributed by atoms with Crippen molar-refractivity contribution < 1.29 is 23.4 Å². The molecule has 2 N–H and O–H groups in total. The lowest BCUT2D eigenvalue weighted by molar-refractivity contribution is -0.256. The summed E-state index contributed by atoms with van der Waals surface area (Å²) >= 11 is 5.93. The second-order valence-electron chi connectivity index (χ2n) is 9.04. The lowest BCUT2D eigenvalue weighted by Gasteiger charge is -2.39. The Balaban J connectivity index is 1.43. The molecule has 3 heterocycles. The van der Waals surface area contributed by atoms with Crippen molar-refractivity contribution in [3.8, 4) is 5.69 Å². The van der Waals surface area contributed by atoms with Crippen LogP contribution in [0.5, 0.6) is 0 Å². The molecule has 1 aromatic carbocycles. The van der Waals surface area contributed by atoms with Gasteiger partial charge < -0.3 is 15.1 Å². The van der Waals surface area contributed by atoms with E-state index in [0.29, 0.717) is 34.8 Å². The second-order valence-corrected chi connectivity index (χ2v) is 9.47. The third kappa shape index (κ3) is 4.97. The maximum Gasteiger partial charge on any atom is 0.416 e. The first kappa shape index (κ1) is 24.6. The molecule has 8 nitrogen and oxygen atoms in total. The summed E-state index contributed by atoms with van der Waals surface area (Å²) in [6, 6.07) is 6.93. The molecule has 1 unspecified atom stereocenters. The smallest absolute Gasteiger partial charge is 0.388 e. The number of alkyl halides is 3. The zero-order chi connectivity index (χ0) is 24.7. The van der Waals surface area contributed by atoms with Gasteiger partial charge in [0.1, 0.15) is 11.7 Å². The molecule has 2 aromatic heterocycles. The van der Waals surface area contributed by atoms with Gasteiger partial charge in [-0.05, 0) is 50.5 Å². The zero-order valence-electron chi connectivity index (χ0n) is 18.5. The van der Waals surface area contributed by atoms with Gasteiger partial charge in [0.15, 0.2) is 11.2 Å². The molecule has 1 fully saturated rings. The molecular weight excluding hydrogens is 475 g/mol. The van der Waals surface area contributed by atoms with Gasteiger partial charge in [-0.1, -0.05) is 11.6 Å². The minimum Gasteiger partial charge on any atom is -0.388 e. The third-order valence-electron chi connectivity index (χ3n) is 6.40. The van der Waals surface area contributed by atoms with Gasteiger partial charge in [-0.3, -0.25) is 9.36 Å². The normalized spacial score (nSPS) is 18.8. The highest BCUT2D eigenvalue weighted by Crippen LogP contribution is 2.33. The lowest BCUT2D eigenvalue weighted by atomic mass is 9.90. The predicted molar refractivity (Wildman–Crippen MR) is 120 cm³/mol. The molecule has 0 bridgehead atoms. The summed E-state index contributed by atoms with van der Waals surface area (Å²) in [4.78, 5) is 19.1. The van der Waals surface area contributed by atoms with E-state index in [9.17, 15) is 28.2 Å². The Morgan fingerprint density at radius 1 is 1.18 bits per heavy atom. The standard InChI is InChI=1S/C22H25ClF3N5O3/c1-20(33,22(24,25)26)6-9-29-10-7-21(34,8-11-29)13-30-14-27-18-17(19(30)32)12-28-31(18)16-4-2-15(23)3-5-16/h2-5,12,14,33-34H,6-11,13H2,1H3. The van der Waals surface area contributed by atoms with Crippen LogP contribution >= 0.6 is 11.6 Å². The quantitative estimate of drug-likeness (QED) is 0.541. The van der Waals surface area contributed by atoms with Gasteiger partial charge in [-0.25, -0.2) is 9.67 Å². The first-order valence-corrected chi connectivity index (χ1v) is 11.2. The van der Waals surface area contributed by atoms with Crippen molar-refractivity contribution in [3.05, 3.63) is 52.2 Å². The molecule has 34 heavy (non-hydrogen) atoms. The molecule has 0 amide bonds. The van der Waals surface area contributed by atoms with E-state index in [2.05, 4.69) is 10.1 Å². The van der Waals surface area contributed by atoms with Crippen LogP contribution in [0.1, 0.15) is 26.2 Å². The fourth-order valence-electron chi connectivity index (χ4n) is 4.02. The molecular formula is C22H25ClF3N5O3. The van der Waals surface area contributed by atoms with Crippen molar-refractivity contribution >= 4 is 22.6 Å². The van der Waals surface area contributed by atoms with Gasteiger partial charge >= 0.3 is 6.18 Å². The molecule has 1 aliphatic rings. The molecule has 0 saturated carbocycles. The van der Waals surface area contributed by atoms with E-state index < -0.39 is 23.8 Å². The highest BCUT2D eigenvalue weighted by atomic mass is 35.5. The zero-order valence-corrected chi connectivity index (χ0v) is 19.2. The maximum absolute atomic E-state index is 13.0. The molecule has 1 saturated heterocycles. The van der Waals surface area contributed by atoms with Crippen LogP contribution in [0.25, 0.3) is 16.7 Å². The maximum atomic E-state index is 13.0. The molecule has 1 aliphatic heterocycles. The van der Waals surface area contributed by atoms with E-state index in [0.717, 1.165) is 6.92 Å². The van der Waals surface area contributed by atoms with Crippen molar-refractivity contribution in [2.75, 3.05) is 19.6 Å². The van der Waals surface area contributed by atoms with Crippen LogP contribution in [0.2, 0.25) is 5.02 Å². The largest absolute Gasteiger partial charge is 0.416 e. The highest BCUT2D eigenvalue weighted by Gasteiger charge is 2.49. The van der Waals surface area contributed by atoms with Crippen molar-refractivity contribution in [1.29, 1.82) is 0 Å². The fraction of sp³-hybridized carbons (Fsp3) is 0.500. The van der Waals surface area contributed by atoms with E-state index in [1.165, 1.54) is 21.8 Å². The molecule has 0 radical (unpaired) electrons. The summed E-state index contributed by atoms with van der Waals surface area (Å²) in [5.74, 6) is 0. The van der Waals surface area contributed by atoms with Gasteiger partial charge in [0.05, 0.1) is 24.0 Å². The van der Waals surface area contributed by atoms with E-state index in [-0.39, 0.29) is 31.5 Å². The summed E-state index contributed by atoms with van der Waals surface area (Å²) in [5, 5.41) is 25.8. The van der Waals surface area contributed by atoms with E-state index in [1.807, 2.05) is 0 Å². The first-order valence-electron chi connectivity index (χ1n) is 10.8. The molecule has 1 atom stereocenters. The molecule has 3 aromatic rings. The van der Waals surface area contributed by atoms with E-state index >= 15 is 0 Å². The highest BCUT2D eigenvalue weighted by molar-refractivity contribution is 6.30. The van der Waals surface area contributed by atoms with Crippen molar-refractivity contribution in [3.63, 3.8) is 0 Å². The molecule has 4 rings (SSSR count). The Morgan fingerprint density at radius 2 is 1.82 bits per heavy atom. The van der Waals surface area contributed by atoms with Crippen LogP contribution in [0, 0.1) is 0 Å². The van der Waals surface area contributed by atoms with Crippen molar-refractivity contribution in [2.24, 2.45) is 0 Å². The number of rotatable bonds is 6. The monoisotopic (exact) mass is 499 g/mol. The first-order chi connectivity index (χ1) is 15.9. The number of aromatic nitrogens is 4. The molecule has 0 aliphatic carbocycles. The Hall–Kier alpha value is -2.47. The Kier molecular flexibility index (Phi) is 6.49. The SMILES string of the molecule is CC(O)(CCN1CCC(O)(Cn2cnc3c(cnn3-c3ccc(Cl)cc3)c2=O)CC1)C(F)(F)F. The number of hydrogen-bond donors (Lipinski definition) is 2. The third-order valence-corrected chi connectivity index (χ3v) is 6.65. The van der Waals surface area contributed by atoms with E-state index in [1.54, 1.807) is 29.2 Å². The number of hydrogen-bond acceptors (Lipinski definition) is 6. The number of aliphatic hydroxyl groups is 2. The molecule has 12 heteroatoms. The summed E-state index contributed by atoms with van der Waals surface area (Å²) in [6.45, 7) is 1.53. The second kappa shape index (κ2) is 8.95. The Morgan fingerprint density at radius 3 is 2.44 bits per heavy atom. The van der Waals surface area contributed by atoms with Crippen molar-refractivity contribution in [1.82, 2.24) is 24.2 Å². The number of likely N-dealkylation sites (tertiary alicyclic amines) is 1. The summed E-state index contributed by atoms with van der Waals surface area (Å²) in [6.07, 6.45) is -1.81. The average Bonchev–Trinajstić information content (AvgIpc) is 3.20.